The van der Waals surface area contributed by atoms with E-state index in [0.717, 1.165) is 13.0 Å². The van der Waals surface area contributed by atoms with Crippen LogP contribution in [0.5, 0.6) is 0 Å². The molecule has 98 valence electrons. The van der Waals surface area contributed by atoms with Crippen molar-refractivity contribution < 1.29 is 10.0 Å². The van der Waals surface area contributed by atoms with E-state index >= 15 is 0 Å². The van der Waals surface area contributed by atoms with Gasteiger partial charge in [-0.25, -0.2) is 0 Å². The number of nitro groups is 1. The number of hydrogen-bond donors (Lipinski definition) is 1. The molecular weight excluding hydrogens is 300 g/mol. The first-order chi connectivity index (χ1) is 8.49. The molecule has 2 rings (SSSR count). The van der Waals surface area contributed by atoms with Crippen molar-refractivity contribution in [1.82, 2.24) is 0 Å². The maximum Gasteiger partial charge on any atom is 0.293 e. The molecule has 1 aromatic rings. The van der Waals surface area contributed by atoms with Crippen molar-refractivity contribution >= 4 is 27.3 Å². The van der Waals surface area contributed by atoms with Crippen LogP contribution < -0.4 is 4.90 Å². The van der Waals surface area contributed by atoms with Crippen LogP contribution >= 0.6 is 15.9 Å². The summed E-state index contributed by atoms with van der Waals surface area (Å²) in [5.41, 5.74) is 0.738. The van der Waals surface area contributed by atoms with Crippen LogP contribution in [0.2, 0.25) is 0 Å². The highest BCUT2D eigenvalue weighted by atomic mass is 79.9. The van der Waals surface area contributed by atoms with E-state index in [1.807, 2.05) is 4.90 Å². The molecule has 1 heterocycles. The number of nitrogens with zero attached hydrogens (tertiary/aromatic N) is 2. The van der Waals surface area contributed by atoms with Gasteiger partial charge in [0.25, 0.3) is 5.69 Å². The lowest BCUT2D eigenvalue weighted by Gasteiger charge is -2.19. The molecule has 5 nitrogen and oxygen atoms in total. The zero-order valence-corrected chi connectivity index (χ0v) is 11.6. The summed E-state index contributed by atoms with van der Waals surface area (Å²) in [7, 11) is 0. The Morgan fingerprint density at radius 2 is 2.33 bits per heavy atom. The van der Waals surface area contributed by atoms with Gasteiger partial charge in [-0.1, -0.05) is 15.9 Å². The number of halogens is 1. The molecular formula is C12H15BrN2O3. The van der Waals surface area contributed by atoms with Crippen molar-refractivity contribution in [1.29, 1.82) is 0 Å². The number of anilines is 1. The number of aliphatic hydroxyl groups excluding tert-OH is 1. The summed E-state index contributed by atoms with van der Waals surface area (Å²) in [6.45, 7) is 3.18. The average molecular weight is 315 g/mol. The molecule has 1 fully saturated rings. The molecule has 0 spiro atoms. The number of benzene rings is 1. The van der Waals surface area contributed by atoms with Crippen molar-refractivity contribution in [2.24, 2.45) is 5.92 Å². The Labute approximate surface area is 114 Å². The highest BCUT2D eigenvalue weighted by Crippen LogP contribution is 2.34. The monoisotopic (exact) mass is 314 g/mol. The van der Waals surface area contributed by atoms with E-state index in [2.05, 4.69) is 15.9 Å². The minimum absolute atomic E-state index is 0.107. The van der Waals surface area contributed by atoms with Crippen molar-refractivity contribution in [3.63, 3.8) is 0 Å². The average Bonchev–Trinajstić information content (AvgIpc) is 2.78. The maximum absolute atomic E-state index is 11.1. The van der Waals surface area contributed by atoms with Crippen LogP contribution in [-0.4, -0.2) is 29.2 Å². The van der Waals surface area contributed by atoms with Crippen LogP contribution in [0.4, 0.5) is 11.4 Å². The molecule has 18 heavy (non-hydrogen) atoms. The largest absolute Gasteiger partial charge is 0.393 e. The van der Waals surface area contributed by atoms with Gasteiger partial charge in [-0.2, -0.15) is 0 Å². The van der Waals surface area contributed by atoms with Gasteiger partial charge in [-0.15, -0.1) is 0 Å². The molecule has 0 radical (unpaired) electrons. The smallest absolute Gasteiger partial charge is 0.293 e. The van der Waals surface area contributed by atoms with E-state index in [9.17, 15) is 15.2 Å². The Balaban J connectivity index is 2.27. The van der Waals surface area contributed by atoms with E-state index in [0.29, 0.717) is 16.7 Å². The van der Waals surface area contributed by atoms with Gasteiger partial charge < -0.3 is 10.0 Å². The SMILES string of the molecule is CC(O)C1CCN(c2ccc(Br)cc2[N+](=O)[O-])C1. The van der Waals surface area contributed by atoms with Crippen LogP contribution in [0.1, 0.15) is 13.3 Å². The van der Waals surface area contributed by atoms with E-state index < -0.39 is 0 Å². The molecule has 6 heteroatoms. The Kier molecular flexibility index (Phi) is 3.87. The molecule has 1 aliphatic rings. The fourth-order valence-electron chi connectivity index (χ4n) is 2.31. The minimum Gasteiger partial charge on any atom is -0.393 e. The zero-order chi connectivity index (χ0) is 13.3. The summed E-state index contributed by atoms with van der Waals surface area (Å²) in [5, 5.41) is 20.6. The third-order valence-corrected chi connectivity index (χ3v) is 3.88. The summed E-state index contributed by atoms with van der Waals surface area (Å²) in [5.74, 6) is 0.188. The van der Waals surface area contributed by atoms with E-state index in [4.69, 9.17) is 0 Å². The van der Waals surface area contributed by atoms with Gasteiger partial charge in [0.2, 0.25) is 0 Å². The molecule has 2 atom stereocenters. The lowest BCUT2D eigenvalue weighted by atomic mass is 10.0. The van der Waals surface area contributed by atoms with Crippen molar-refractivity contribution in [3.8, 4) is 0 Å². The normalized spacial score (nSPS) is 21.1. The van der Waals surface area contributed by atoms with E-state index in [-0.39, 0.29) is 22.6 Å². The second-order valence-corrected chi connectivity index (χ2v) is 5.54. The topological polar surface area (TPSA) is 66.6 Å². The van der Waals surface area contributed by atoms with Crippen LogP contribution in [-0.2, 0) is 0 Å². The van der Waals surface area contributed by atoms with E-state index in [1.165, 1.54) is 6.07 Å². The second kappa shape index (κ2) is 5.24. The molecule has 1 aromatic carbocycles. The molecule has 1 aliphatic heterocycles. The Morgan fingerprint density at radius 3 is 2.89 bits per heavy atom. The highest BCUT2D eigenvalue weighted by molar-refractivity contribution is 9.10. The molecule has 1 N–H and O–H groups in total. The van der Waals surface area contributed by atoms with Gasteiger partial charge in [-0.05, 0) is 25.5 Å². The predicted octanol–water partition coefficient (Wildman–Crippen LogP) is 2.56. The van der Waals surface area contributed by atoms with Crippen molar-refractivity contribution in [3.05, 3.63) is 32.8 Å². The van der Waals surface area contributed by atoms with Gasteiger partial charge >= 0.3 is 0 Å². The van der Waals surface area contributed by atoms with Crippen LogP contribution in [0, 0.1) is 16.0 Å². The molecule has 0 saturated carbocycles. The first-order valence-corrected chi connectivity index (χ1v) is 6.65. The summed E-state index contributed by atoms with van der Waals surface area (Å²) < 4.78 is 0.698. The number of nitro benzene ring substituents is 1. The van der Waals surface area contributed by atoms with Crippen molar-refractivity contribution in [2.75, 3.05) is 18.0 Å². The quantitative estimate of drug-likeness (QED) is 0.688. The Hall–Kier alpha value is -1.14. The number of rotatable bonds is 3. The molecule has 2 unspecified atom stereocenters. The molecule has 0 amide bonds. The first kappa shape index (κ1) is 13.3. The fraction of sp³-hybridized carbons (Fsp3) is 0.500. The Bertz CT molecular complexity index is 465. The zero-order valence-electron chi connectivity index (χ0n) is 10.0. The standard InChI is InChI=1S/C12H15BrN2O3/c1-8(16)9-4-5-14(7-9)11-3-2-10(13)6-12(11)15(17)18/h2-3,6,8-9,16H,4-5,7H2,1H3. The molecule has 0 aliphatic carbocycles. The summed E-state index contributed by atoms with van der Waals surface area (Å²) in [6, 6.07) is 5.08. The molecule has 0 bridgehead atoms. The van der Waals surface area contributed by atoms with Crippen LogP contribution in [0.25, 0.3) is 0 Å². The van der Waals surface area contributed by atoms with Gasteiger partial charge in [0.15, 0.2) is 0 Å². The van der Waals surface area contributed by atoms with Gasteiger partial charge in [0.05, 0.1) is 11.0 Å². The van der Waals surface area contributed by atoms with Crippen molar-refractivity contribution in [2.45, 2.75) is 19.4 Å². The van der Waals surface area contributed by atoms with Gasteiger partial charge in [0.1, 0.15) is 5.69 Å². The summed E-state index contributed by atoms with van der Waals surface area (Å²) in [6.07, 6.45) is 0.495. The third kappa shape index (κ3) is 2.64. The second-order valence-electron chi connectivity index (χ2n) is 4.63. The Morgan fingerprint density at radius 1 is 1.61 bits per heavy atom. The lowest BCUT2D eigenvalue weighted by Crippen LogP contribution is -2.24. The van der Waals surface area contributed by atoms with E-state index in [1.54, 1.807) is 19.1 Å². The maximum atomic E-state index is 11.1. The van der Waals surface area contributed by atoms with Gasteiger partial charge in [0, 0.05) is 29.5 Å². The molecule has 1 saturated heterocycles. The summed E-state index contributed by atoms with van der Waals surface area (Å²) in [4.78, 5) is 12.7. The predicted molar refractivity (Wildman–Crippen MR) is 72.8 cm³/mol. The van der Waals surface area contributed by atoms with Crippen LogP contribution in [0.15, 0.2) is 22.7 Å². The first-order valence-electron chi connectivity index (χ1n) is 5.86. The van der Waals surface area contributed by atoms with Gasteiger partial charge in [-0.3, -0.25) is 10.1 Å². The lowest BCUT2D eigenvalue weighted by molar-refractivity contribution is -0.384. The number of aliphatic hydroxyl groups is 1. The third-order valence-electron chi connectivity index (χ3n) is 3.38. The highest BCUT2D eigenvalue weighted by Gasteiger charge is 2.29. The molecule has 0 aromatic heterocycles. The van der Waals surface area contributed by atoms with Crippen LogP contribution in [0.3, 0.4) is 0 Å². The summed E-state index contributed by atoms with van der Waals surface area (Å²) >= 11 is 3.25. The number of hydrogen-bond acceptors (Lipinski definition) is 4. The minimum atomic E-state index is -0.371. The fourth-order valence-corrected chi connectivity index (χ4v) is 2.66.